The van der Waals surface area contributed by atoms with E-state index in [0.717, 1.165) is 23.0 Å². The van der Waals surface area contributed by atoms with Crippen molar-refractivity contribution in [2.45, 2.75) is 13.1 Å². The van der Waals surface area contributed by atoms with Crippen LogP contribution in [-0.2, 0) is 6.18 Å². The minimum atomic E-state index is -4.46. The lowest BCUT2D eigenvalue weighted by molar-refractivity contribution is -0.136. The summed E-state index contributed by atoms with van der Waals surface area (Å²) in [6.07, 6.45) is -4.46. The van der Waals surface area contributed by atoms with Crippen LogP contribution in [0.2, 0.25) is 0 Å². The van der Waals surface area contributed by atoms with Gasteiger partial charge in [0.2, 0.25) is 0 Å². The van der Waals surface area contributed by atoms with Gasteiger partial charge in [-0.25, -0.2) is 0 Å². The molecule has 3 aromatic carbocycles. The zero-order valence-electron chi connectivity index (χ0n) is 14.3. The number of hydrogen-bond donors (Lipinski definition) is 0. The van der Waals surface area contributed by atoms with Crippen molar-refractivity contribution in [2.24, 2.45) is 0 Å². The first-order valence-corrected chi connectivity index (χ1v) is 8.18. The highest BCUT2D eigenvalue weighted by Gasteiger charge is 2.34. The predicted octanol–water partition coefficient (Wildman–Crippen LogP) is 6.68. The van der Waals surface area contributed by atoms with Crippen LogP contribution in [0.15, 0.2) is 65.1 Å². The third-order valence-corrected chi connectivity index (χ3v) is 4.59. The van der Waals surface area contributed by atoms with E-state index in [9.17, 15) is 13.2 Å². The summed E-state index contributed by atoms with van der Waals surface area (Å²) in [5, 5.41) is 1.14. The lowest BCUT2D eigenvalue weighted by atomic mass is 10.1. The average molecular weight is 355 g/mol. The summed E-state index contributed by atoms with van der Waals surface area (Å²) < 4.78 is 45.8. The van der Waals surface area contributed by atoms with Crippen molar-refractivity contribution in [1.29, 1.82) is 0 Å². The SMILES string of the molecule is Cc1ccc(N(C)c2cccc3c2oc2c(C(F)(F)F)cccc23)cc1. The van der Waals surface area contributed by atoms with Crippen molar-refractivity contribution < 1.29 is 17.6 Å². The minimum absolute atomic E-state index is 0.125. The Morgan fingerprint density at radius 2 is 1.42 bits per heavy atom. The van der Waals surface area contributed by atoms with Crippen LogP contribution < -0.4 is 4.90 Å². The number of aryl methyl sites for hydroxylation is 1. The van der Waals surface area contributed by atoms with Gasteiger partial charge in [0.25, 0.3) is 0 Å². The van der Waals surface area contributed by atoms with Crippen LogP contribution in [0.4, 0.5) is 24.5 Å². The average Bonchev–Trinajstić information content (AvgIpc) is 2.99. The number of para-hydroxylation sites is 2. The van der Waals surface area contributed by atoms with Gasteiger partial charge in [-0.3, -0.25) is 0 Å². The first-order valence-electron chi connectivity index (χ1n) is 8.18. The zero-order valence-corrected chi connectivity index (χ0v) is 14.3. The van der Waals surface area contributed by atoms with Crippen molar-refractivity contribution in [3.8, 4) is 0 Å². The number of rotatable bonds is 2. The Morgan fingerprint density at radius 3 is 2.08 bits per heavy atom. The van der Waals surface area contributed by atoms with Crippen LogP contribution in [0.3, 0.4) is 0 Å². The van der Waals surface area contributed by atoms with Crippen molar-refractivity contribution in [3.63, 3.8) is 0 Å². The highest BCUT2D eigenvalue weighted by Crippen LogP contribution is 2.42. The monoisotopic (exact) mass is 355 g/mol. The van der Waals surface area contributed by atoms with Crippen LogP contribution in [0, 0.1) is 6.92 Å². The van der Waals surface area contributed by atoms with Gasteiger partial charge in [0.1, 0.15) is 5.58 Å². The molecule has 0 spiro atoms. The summed E-state index contributed by atoms with van der Waals surface area (Å²) in [7, 11) is 1.87. The number of benzene rings is 3. The van der Waals surface area contributed by atoms with Gasteiger partial charge in [-0.15, -0.1) is 0 Å². The highest BCUT2D eigenvalue weighted by atomic mass is 19.4. The molecule has 1 heterocycles. The fourth-order valence-electron chi connectivity index (χ4n) is 3.20. The number of fused-ring (bicyclic) bond motifs is 3. The topological polar surface area (TPSA) is 16.4 Å². The summed E-state index contributed by atoms with van der Waals surface area (Å²) in [5.74, 6) is 0. The van der Waals surface area contributed by atoms with Gasteiger partial charge in [-0.05, 0) is 31.2 Å². The van der Waals surface area contributed by atoms with Gasteiger partial charge >= 0.3 is 6.18 Å². The van der Waals surface area contributed by atoms with Gasteiger partial charge in [-0.2, -0.15) is 13.2 Å². The largest absolute Gasteiger partial charge is 0.453 e. The molecule has 0 aliphatic rings. The predicted molar refractivity (Wildman–Crippen MR) is 98.0 cm³/mol. The molecule has 0 bridgehead atoms. The molecule has 0 radical (unpaired) electrons. The van der Waals surface area contributed by atoms with E-state index >= 15 is 0 Å². The van der Waals surface area contributed by atoms with E-state index in [0.29, 0.717) is 16.4 Å². The number of alkyl halides is 3. The van der Waals surface area contributed by atoms with E-state index in [4.69, 9.17) is 4.42 Å². The van der Waals surface area contributed by atoms with Crippen molar-refractivity contribution in [2.75, 3.05) is 11.9 Å². The van der Waals surface area contributed by atoms with Gasteiger partial charge < -0.3 is 9.32 Å². The standard InChI is InChI=1S/C21H16F3NO/c1-13-9-11-14(12-10-13)25(2)18-8-4-6-16-15-5-3-7-17(21(22,23)24)19(15)26-20(16)18/h3-12H,1-2H3. The molecule has 0 aliphatic carbocycles. The van der Waals surface area contributed by atoms with Crippen LogP contribution in [0.1, 0.15) is 11.1 Å². The van der Waals surface area contributed by atoms with Gasteiger partial charge in [-0.1, -0.05) is 42.0 Å². The Bertz CT molecular complexity index is 1090. The molecule has 2 nitrogen and oxygen atoms in total. The summed E-state index contributed by atoms with van der Waals surface area (Å²) in [6, 6.07) is 17.5. The second-order valence-corrected chi connectivity index (χ2v) is 6.33. The maximum Gasteiger partial charge on any atom is 0.420 e. The molecule has 4 rings (SSSR count). The van der Waals surface area contributed by atoms with E-state index in [1.54, 1.807) is 12.1 Å². The maximum absolute atomic E-state index is 13.3. The maximum atomic E-state index is 13.3. The van der Waals surface area contributed by atoms with E-state index in [1.807, 2.05) is 55.3 Å². The summed E-state index contributed by atoms with van der Waals surface area (Å²) in [5.41, 5.74) is 2.35. The van der Waals surface area contributed by atoms with Gasteiger partial charge in [0.05, 0.1) is 11.3 Å². The Labute approximate surface area is 148 Å². The van der Waals surface area contributed by atoms with E-state index < -0.39 is 11.7 Å². The second-order valence-electron chi connectivity index (χ2n) is 6.33. The molecule has 0 unspecified atom stereocenters. The molecule has 1 aromatic heterocycles. The lowest BCUT2D eigenvalue weighted by Crippen LogP contribution is -2.09. The first-order chi connectivity index (χ1) is 12.4. The summed E-state index contributed by atoms with van der Waals surface area (Å²) in [4.78, 5) is 1.91. The molecule has 0 amide bonds. The van der Waals surface area contributed by atoms with Gasteiger partial charge in [0.15, 0.2) is 5.58 Å². The molecule has 0 aliphatic heterocycles. The Kier molecular flexibility index (Phi) is 3.68. The number of halogens is 3. The van der Waals surface area contributed by atoms with Crippen molar-refractivity contribution in [1.82, 2.24) is 0 Å². The Balaban J connectivity index is 1.96. The fraction of sp³-hybridized carbons (Fsp3) is 0.143. The minimum Gasteiger partial charge on any atom is -0.453 e. The van der Waals surface area contributed by atoms with E-state index in [-0.39, 0.29) is 5.58 Å². The first kappa shape index (κ1) is 16.5. The molecule has 0 atom stereocenters. The van der Waals surface area contributed by atoms with Crippen LogP contribution in [-0.4, -0.2) is 7.05 Å². The molecule has 5 heteroatoms. The van der Waals surface area contributed by atoms with Crippen LogP contribution in [0.5, 0.6) is 0 Å². The highest BCUT2D eigenvalue weighted by molar-refractivity contribution is 6.10. The van der Waals surface area contributed by atoms with Gasteiger partial charge in [0, 0.05) is 23.5 Å². The third kappa shape index (κ3) is 2.60. The number of furan rings is 1. The number of anilines is 2. The quantitative estimate of drug-likeness (QED) is 0.399. The number of hydrogen-bond acceptors (Lipinski definition) is 2. The smallest absolute Gasteiger partial charge is 0.420 e. The molecule has 26 heavy (non-hydrogen) atoms. The summed E-state index contributed by atoms with van der Waals surface area (Å²) in [6.45, 7) is 2.00. The Hall–Kier alpha value is -2.95. The third-order valence-electron chi connectivity index (χ3n) is 4.59. The molecule has 0 saturated heterocycles. The lowest BCUT2D eigenvalue weighted by Gasteiger charge is -2.19. The second kappa shape index (κ2) is 5.80. The van der Waals surface area contributed by atoms with E-state index in [2.05, 4.69) is 0 Å². The molecular weight excluding hydrogens is 339 g/mol. The molecule has 0 saturated carbocycles. The van der Waals surface area contributed by atoms with E-state index in [1.165, 1.54) is 6.07 Å². The van der Waals surface area contributed by atoms with Crippen molar-refractivity contribution >= 4 is 33.3 Å². The number of nitrogens with zero attached hydrogens (tertiary/aromatic N) is 1. The zero-order chi connectivity index (χ0) is 18.5. The molecule has 4 aromatic rings. The normalized spacial score (nSPS) is 12.0. The summed E-state index contributed by atoms with van der Waals surface area (Å²) >= 11 is 0. The molecule has 132 valence electrons. The molecule has 0 N–H and O–H groups in total. The fourth-order valence-corrected chi connectivity index (χ4v) is 3.20. The molecular formula is C21H16F3NO. The Morgan fingerprint density at radius 1 is 0.808 bits per heavy atom. The van der Waals surface area contributed by atoms with Crippen molar-refractivity contribution in [3.05, 3.63) is 71.8 Å². The van der Waals surface area contributed by atoms with Crippen LogP contribution >= 0.6 is 0 Å². The van der Waals surface area contributed by atoms with Crippen LogP contribution in [0.25, 0.3) is 21.9 Å². The molecule has 0 fully saturated rings.